The number of aryl methyl sites for hydroxylation is 1. The first-order chi connectivity index (χ1) is 14.9. The van der Waals surface area contributed by atoms with Crippen molar-refractivity contribution in [1.29, 1.82) is 0 Å². The number of imide groups is 1. The first-order valence-corrected chi connectivity index (χ1v) is 11.0. The van der Waals surface area contributed by atoms with Gasteiger partial charge in [0.1, 0.15) is 5.69 Å². The van der Waals surface area contributed by atoms with Crippen LogP contribution in [0.15, 0.2) is 24.4 Å². The molecule has 5 nitrogen and oxygen atoms in total. The van der Waals surface area contributed by atoms with Crippen LogP contribution >= 0.6 is 11.3 Å². The van der Waals surface area contributed by atoms with E-state index in [1.54, 1.807) is 26.0 Å². The van der Waals surface area contributed by atoms with Crippen molar-refractivity contribution in [2.24, 2.45) is 17.3 Å². The molecule has 1 saturated heterocycles. The number of likely N-dealkylation sites (tertiary alicyclic amines) is 1. The van der Waals surface area contributed by atoms with Crippen LogP contribution in [-0.2, 0) is 22.3 Å². The summed E-state index contributed by atoms with van der Waals surface area (Å²) in [4.78, 5) is 35.7. The Morgan fingerprint density at radius 2 is 1.78 bits per heavy atom. The van der Waals surface area contributed by atoms with Crippen molar-refractivity contribution in [1.82, 2.24) is 14.9 Å². The van der Waals surface area contributed by atoms with Crippen molar-refractivity contribution in [2.75, 3.05) is 0 Å². The van der Waals surface area contributed by atoms with Gasteiger partial charge in [0.2, 0.25) is 11.8 Å². The van der Waals surface area contributed by atoms with Gasteiger partial charge >= 0.3 is 6.18 Å². The minimum Gasteiger partial charge on any atom is -0.277 e. The fraction of sp³-hybridized carbons (Fsp3) is 0.391. The molecule has 4 heterocycles. The molecule has 2 aliphatic rings. The number of alkyl halides is 3. The zero-order valence-electron chi connectivity index (χ0n) is 17.9. The smallest absolute Gasteiger partial charge is 0.277 e. The van der Waals surface area contributed by atoms with E-state index in [2.05, 4.69) is 9.97 Å². The molecular formula is C23H20F3N3O2S. The molecule has 1 saturated carbocycles. The summed E-state index contributed by atoms with van der Waals surface area (Å²) in [5.41, 5.74) is 1.36. The molecule has 5 rings (SSSR count). The van der Waals surface area contributed by atoms with Gasteiger partial charge in [-0.2, -0.15) is 13.2 Å². The van der Waals surface area contributed by atoms with Crippen LogP contribution in [0.4, 0.5) is 13.2 Å². The highest BCUT2D eigenvalue weighted by Gasteiger charge is 2.72. The van der Waals surface area contributed by atoms with Gasteiger partial charge in [0.05, 0.1) is 34.3 Å². The summed E-state index contributed by atoms with van der Waals surface area (Å²) in [5.74, 6) is -0.806. The van der Waals surface area contributed by atoms with Crippen LogP contribution in [0.25, 0.3) is 21.5 Å². The summed E-state index contributed by atoms with van der Waals surface area (Å²) in [7, 11) is 0. The summed E-state index contributed by atoms with van der Waals surface area (Å²) < 4.78 is 40.8. The Hall–Kier alpha value is -2.81. The van der Waals surface area contributed by atoms with E-state index in [9.17, 15) is 22.8 Å². The second kappa shape index (κ2) is 6.60. The van der Waals surface area contributed by atoms with Crippen molar-refractivity contribution in [2.45, 2.75) is 40.4 Å². The van der Waals surface area contributed by atoms with Crippen LogP contribution in [0.1, 0.15) is 35.5 Å². The van der Waals surface area contributed by atoms with Crippen LogP contribution in [0, 0.1) is 31.1 Å². The Morgan fingerprint density at radius 3 is 2.41 bits per heavy atom. The Balaban J connectivity index is 1.54. The van der Waals surface area contributed by atoms with E-state index in [4.69, 9.17) is 0 Å². The van der Waals surface area contributed by atoms with Crippen molar-refractivity contribution >= 4 is 33.4 Å². The van der Waals surface area contributed by atoms with E-state index >= 15 is 0 Å². The Morgan fingerprint density at radius 1 is 1.12 bits per heavy atom. The van der Waals surface area contributed by atoms with E-state index < -0.39 is 11.9 Å². The highest BCUT2D eigenvalue weighted by Crippen LogP contribution is 2.63. The van der Waals surface area contributed by atoms with Gasteiger partial charge in [0.15, 0.2) is 0 Å². The first-order valence-electron chi connectivity index (χ1n) is 10.2. The van der Waals surface area contributed by atoms with E-state index in [1.807, 2.05) is 13.8 Å². The highest BCUT2D eigenvalue weighted by molar-refractivity contribution is 7.19. The number of amides is 2. The molecular weight excluding hydrogens is 439 g/mol. The maximum atomic E-state index is 13.4. The molecule has 0 spiro atoms. The van der Waals surface area contributed by atoms with E-state index in [-0.39, 0.29) is 41.3 Å². The third kappa shape index (κ3) is 2.97. The Bertz CT molecular complexity index is 1290. The molecule has 2 atom stereocenters. The Kier molecular flexibility index (Phi) is 4.34. The monoisotopic (exact) mass is 459 g/mol. The van der Waals surface area contributed by atoms with E-state index in [0.717, 1.165) is 10.9 Å². The summed E-state index contributed by atoms with van der Waals surface area (Å²) >= 11 is 1.32. The van der Waals surface area contributed by atoms with E-state index in [1.165, 1.54) is 22.4 Å². The number of carbonyl (C=O) groups excluding carboxylic acids is 2. The maximum Gasteiger partial charge on any atom is 0.433 e. The zero-order valence-corrected chi connectivity index (χ0v) is 18.7. The molecule has 2 unspecified atom stereocenters. The number of aromatic nitrogens is 2. The van der Waals surface area contributed by atoms with Gasteiger partial charge in [-0.15, -0.1) is 11.3 Å². The van der Waals surface area contributed by atoms with Gasteiger partial charge in [-0.05, 0) is 48.6 Å². The zero-order chi connectivity index (χ0) is 23.2. The molecule has 0 aromatic carbocycles. The van der Waals surface area contributed by atoms with Crippen LogP contribution in [0.3, 0.4) is 0 Å². The number of nitrogens with zero attached hydrogens (tertiary/aromatic N) is 3. The third-order valence-electron chi connectivity index (χ3n) is 6.75. The fourth-order valence-corrected chi connectivity index (χ4v) is 5.83. The SMILES string of the molecule is Cc1cc(C(F)(F)F)nc(-c2ccnc3cc(CN4C(=O)C5C(C4=O)C5(C)C)sc23)c1C. The molecule has 3 aromatic heterocycles. The van der Waals surface area contributed by atoms with Gasteiger partial charge in [-0.3, -0.25) is 19.5 Å². The van der Waals surface area contributed by atoms with Crippen molar-refractivity contribution < 1.29 is 22.8 Å². The van der Waals surface area contributed by atoms with Crippen LogP contribution in [0.2, 0.25) is 0 Å². The number of carbonyl (C=O) groups is 2. The molecule has 9 heteroatoms. The molecule has 1 aliphatic carbocycles. The van der Waals surface area contributed by atoms with Gasteiger partial charge < -0.3 is 0 Å². The fourth-order valence-electron chi connectivity index (χ4n) is 4.71. The normalized spacial score (nSPS) is 22.0. The van der Waals surface area contributed by atoms with E-state index in [0.29, 0.717) is 26.9 Å². The first kappa shape index (κ1) is 21.1. The predicted octanol–water partition coefficient (Wildman–Crippen LogP) is 5.13. The van der Waals surface area contributed by atoms with Crippen LogP contribution in [0.5, 0.6) is 0 Å². The maximum absolute atomic E-state index is 13.4. The lowest BCUT2D eigenvalue weighted by atomic mass is 10.0. The second-order valence-electron chi connectivity index (χ2n) is 9.12. The number of hydrogen-bond acceptors (Lipinski definition) is 5. The summed E-state index contributed by atoms with van der Waals surface area (Å²) in [6.07, 6.45) is -3.01. The summed E-state index contributed by atoms with van der Waals surface area (Å²) in [6, 6.07) is 4.49. The van der Waals surface area contributed by atoms with Crippen molar-refractivity contribution in [3.05, 3.63) is 46.1 Å². The number of halogens is 3. The Labute approximate surface area is 186 Å². The van der Waals surface area contributed by atoms with Gasteiger partial charge in [0, 0.05) is 16.6 Å². The summed E-state index contributed by atoms with van der Waals surface area (Å²) in [5, 5.41) is 0. The lowest BCUT2D eigenvalue weighted by molar-refractivity contribution is -0.144. The highest BCUT2D eigenvalue weighted by atomic mass is 32.1. The minimum absolute atomic E-state index is 0.148. The molecule has 2 fully saturated rings. The number of thiophene rings is 1. The minimum atomic E-state index is -4.55. The number of fused-ring (bicyclic) bond motifs is 2. The lowest BCUT2D eigenvalue weighted by Gasteiger charge is -2.19. The average Bonchev–Trinajstić information content (AvgIpc) is 2.96. The van der Waals surface area contributed by atoms with Crippen molar-refractivity contribution in [3.8, 4) is 11.3 Å². The standard InChI is InChI=1S/C23H20F3N3O2S/c1-10-7-15(23(24,25)26)28-18(11(10)2)13-5-6-27-14-8-12(32-19(13)14)9-29-20(30)16-17(21(29)31)22(16,3)4/h5-8,16-17H,9H2,1-4H3. The number of piperidine rings is 1. The molecule has 0 radical (unpaired) electrons. The number of rotatable bonds is 3. The van der Waals surface area contributed by atoms with Crippen molar-refractivity contribution in [3.63, 3.8) is 0 Å². The summed E-state index contributed by atoms with van der Waals surface area (Å²) in [6.45, 7) is 7.38. The quantitative estimate of drug-likeness (QED) is 0.509. The molecule has 0 bridgehead atoms. The third-order valence-corrected chi connectivity index (χ3v) is 7.89. The number of pyridine rings is 2. The topological polar surface area (TPSA) is 63.2 Å². The lowest BCUT2D eigenvalue weighted by Crippen LogP contribution is -2.35. The van der Waals surface area contributed by atoms with Gasteiger partial charge in [-0.25, -0.2) is 4.98 Å². The van der Waals surface area contributed by atoms with Crippen LogP contribution < -0.4 is 0 Å². The molecule has 1 aliphatic heterocycles. The molecule has 166 valence electrons. The predicted molar refractivity (Wildman–Crippen MR) is 114 cm³/mol. The molecule has 3 aromatic rings. The molecule has 2 amide bonds. The molecule has 32 heavy (non-hydrogen) atoms. The van der Waals surface area contributed by atoms with Gasteiger partial charge in [-0.1, -0.05) is 13.8 Å². The van der Waals surface area contributed by atoms with Gasteiger partial charge in [0.25, 0.3) is 0 Å². The molecule has 0 N–H and O–H groups in total. The van der Waals surface area contributed by atoms with Crippen LogP contribution in [-0.4, -0.2) is 26.7 Å². The largest absolute Gasteiger partial charge is 0.433 e. The number of hydrogen-bond donors (Lipinski definition) is 0. The second-order valence-corrected chi connectivity index (χ2v) is 10.3. The average molecular weight is 459 g/mol.